The van der Waals surface area contributed by atoms with Crippen LogP contribution in [0.25, 0.3) is 0 Å². The van der Waals surface area contributed by atoms with Crippen molar-refractivity contribution in [3.05, 3.63) is 63.8 Å². The maximum Gasteiger partial charge on any atom is 0.270 e. The minimum absolute atomic E-state index is 0.171. The molecule has 0 saturated heterocycles. The van der Waals surface area contributed by atoms with Gasteiger partial charge in [-0.15, -0.1) is 0 Å². The van der Waals surface area contributed by atoms with Crippen LogP contribution >= 0.6 is 11.6 Å². The smallest absolute Gasteiger partial charge is 0.270 e. The van der Waals surface area contributed by atoms with Gasteiger partial charge in [-0.05, 0) is 41.3 Å². The van der Waals surface area contributed by atoms with Crippen LogP contribution in [0, 0.1) is 0 Å². The van der Waals surface area contributed by atoms with E-state index in [9.17, 15) is 18.0 Å². The second-order valence-electron chi connectivity index (χ2n) is 8.82. The van der Waals surface area contributed by atoms with Crippen LogP contribution in [0.5, 0.6) is 5.75 Å². The summed E-state index contributed by atoms with van der Waals surface area (Å²) in [6.07, 6.45) is -3.16. The first-order valence-electron chi connectivity index (χ1n) is 11.6. The summed E-state index contributed by atoms with van der Waals surface area (Å²) in [5, 5.41) is 9.35. The van der Waals surface area contributed by atoms with E-state index in [4.69, 9.17) is 16.3 Å². The number of nitrogens with one attached hydrogen (secondary N) is 3. The topological polar surface area (TPSA) is 91.4 Å². The van der Waals surface area contributed by atoms with E-state index < -0.39 is 12.6 Å². The van der Waals surface area contributed by atoms with Crippen LogP contribution in [0.4, 0.5) is 36.3 Å². The van der Waals surface area contributed by atoms with E-state index in [1.165, 1.54) is 13.3 Å². The predicted octanol–water partition coefficient (Wildman–Crippen LogP) is 4.83. The van der Waals surface area contributed by atoms with Crippen LogP contribution in [0.15, 0.2) is 36.5 Å². The summed E-state index contributed by atoms with van der Waals surface area (Å²) in [6.45, 7) is 0.955. The van der Waals surface area contributed by atoms with Crippen LogP contribution < -0.4 is 20.7 Å². The zero-order valence-corrected chi connectivity index (χ0v) is 20.6. The fourth-order valence-corrected chi connectivity index (χ4v) is 4.68. The highest BCUT2D eigenvalue weighted by Crippen LogP contribution is 2.35. The lowest BCUT2D eigenvalue weighted by Gasteiger charge is -2.30. The Labute approximate surface area is 216 Å². The molecule has 1 atom stereocenters. The van der Waals surface area contributed by atoms with Gasteiger partial charge >= 0.3 is 0 Å². The zero-order chi connectivity index (χ0) is 26.1. The lowest BCUT2D eigenvalue weighted by molar-refractivity contribution is 0.0250. The van der Waals surface area contributed by atoms with Gasteiger partial charge in [-0.2, -0.15) is 4.98 Å². The predicted molar refractivity (Wildman–Crippen MR) is 134 cm³/mol. The summed E-state index contributed by atoms with van der Waals surface area (Å²) in [5.74, 6) is 0.892. The summed E-state index contributed by atoms with van der Waals surface area (Å²) in [5.41, 5.74) is 4.49. The monoisotopic (exact) mass is 532 g/mol. The van der Waals surface area contributed by atoms with Gasteiger partial charge in [0.05, 0.1) is 30.2 Å². The number of carbonyl (C=O) groups excluding carboxylic acids is 1. The number of amides is 1. The third kappa shape index (κ3) is 5.28. The van der Waals surface area contributed by atoms with Crippen molar-refractivity contribution < 1.29 is 22.7 Å². The van der Waals surface area contributed by atoms with Gasteiger partial charge in [0.1, 0.15) is 10.8 Å². The first-order valence-corrected chi connectivity index (χ1v) is 12.0. The van der Waals surface area contributed by atoms with Crippen molar-refractivity contribution in [2.45, 2.75) is 32.1 Å². The van der Waals surface area contributed by atoms with Gasteiger partial charge in [-0.25, -0.2) is 18.2 Å². The number of alkyl halides is 3. The standard InChI is InChI=1S/C25H24ClF3N6O2/c1-37-20-8-15-11-35(12-17(27)22(28)29)6-5-13(15)7-19(20)33-25-31-10-16(26)23(34-25)32-18-4-2-3-14-9-30-24(36)21(14)18/h2-4,7-8,10,17,22H,5-6,9,11-12H2,1H3,(H,30,36)(H2,31,32,33,34). The minimum atomic E-state index is -3.00. The molecular weight excluding hydrogens is 509 g/mol. The Morgan fingerprint density at radius 2 is 2.00 bits per heavy atom. The molecule has 2 aliphatic rings. The summed E-state index contributed by atoms with van der Waals surface area (Å²) in [4.78, 5) is 22.7. The first-order chi connectivity index (χ1) is 17.8. The van der Waals surface area contributed by atoms with Crippen molar-refractivity contribution in [1.29, 1.82) is 0 Å². The molecule has 1 unspecified atom stereocenters. The number of ether oxygens (including phenoxy) is 1. The van der Waals surface area contributed by atoms with E-state index >= 15 is 0 Å². The van der Waals surface area contributed by atoms with E-state index in [0.717, 1.165) is 16.7 Å². The molecule has 3 heterocycles. The van der Waals surface area contributed by atoms with Crippen molar-refractivity contribution in [1.82, 2.24) is 20.2 Å². The Morgan fingerprint density at radius 1 is 1.16 bits per heavy atom. The number of hydrogen-bond donors (Lipinski definition) is 3. The number of hydrogen-bond acceptors (Lipinski definition) is 7. The molecular formula is C25H24ClF3N6O2. The number of benzene rings is 2. The Balaban J connectivity index is 1.36. The van der Waals surface area contributed by atoms with E-state index in [2.05, 4.69) is 25.9 Å². The van der Waals surface area contributed by atoms with Gasteiger partial charge in [-0.3, -0.25) is 9.69 Å². The van der Waals surface area contributed by atoms with Gasteiger partial charge < -0.3 is 20.7 Å². The van der Waals surface area contributed by atoms with Crippen LogP contribution in [-0.2, 0) is 19.5 Å². The molecule has 0 radical (unpaired) electrons. The number of methoxy groups -OCH3 is 1. The van der Waals surface area contributed by atoms with Crippen LogP contribution in [0.2, 0.25) is 5.02 Å². The molecule has 1 amide bonds. The normalized spacial score (nSPS) is 15.7. The number of aromatic nitrogens is 2. The molecule has 5 rings (SSSR count). The molecule has 0 aliphatic carbocycles. The lowest BCUT2D eigenvalue weighted by atomic mass is 9.98. The van der Waals surface area contributed by atoms with Crippen LogP contribution in [-0.4, -0.2) is 53.6 Å². The van der Waals surface area contributed by atoms with E-state index in [1.54, 1.807) is 17.0 Å². The number of halogens is 4. The average molecular weight is 533 g/mol. The van der Waals surface area contributed by atoms with Crippen molar-refractivity contribution >= 4 is 40.6 Å². The lowest BCUT2D eigenvalue weighted by Crippen LogP contribution is -2.37. The molecule has 1 aromatic heterocycles. The molecule has 0 bridgehead atoms. The minimum Gasteiger partial charge on any atom is -0.495 e. The van der Waals surface area contributed by atoms with Crippen molar-refractivity contribution in [2.75, 3.05) is 30.8 Å². The van der Waals surface area contributed by atoms with Crippen molar-refractivity contribution in [3.63, 3.8) is 0 Å². The fourth-order valence-electron chi connectivity index (χ4n) is 4.54. The Kier molecular flexibility index (Phi) is 7.07. The Bertz CT molecular complexity index is 1340. The number of fused-ring (bicyclic) bond motifs is 2. The van der Waals surface area contributed by atoms with E-state index in [0.29, 0.717) is 54.6 Å². The SMILES string of the molecule is COc1cc2c(cc1Nc1ncc(Cl)c(Nc3cccc4c3C(=O)NC4)n1)CCN(CC(F)C(F)F)C2. The number of nitrogens with zero attached hydrogens (tertiary/aromatic N) is 3. The maximum atomic E-state index is 13.5. The van der Waals surface area contributed by atoms with Crippen molar-refractivity contribution in [2.24, 2.45) is 0 Å². The molecule has 0 fully saturated rings. The number of anilines is 4. The molecule has 3 aromatic rings. The third-order valence-corrected chi connectivity index (χ3v) is 6.66. The quantitative estimate of drug-likeness (QED) is 0.383. The highest BCUT2D eigenvalue weighted by atomic mass is 35.5. The van der Waals surface area contributed by atoms with Gasteiger partial charge in [0.15, 0.2) is 12.0 Å². The summed E-state index contributed by atoms with van der Waals surface area (Å²) in [6, 6.07) is 9.20. The highest BCUT2D eigenvalue weighted by molar-refractivity contribution is 6.33. The molecule has 0 spiro atoms. The molecule has 8 nitrogen and oxygen atoms in total. The molecule has 3 N–H and O–H groups in total. The molecule has 2 aromatic carbocycles. The molecule has 37 heavy (non-hydrogen) atoms. The summed E-state index contributed by atoms with van der Waals surface area (Å²) in [7, 11) is 1.51. The second-order valence-corrected chi connectivity index (χ2v) is 9.23. The summed E-state index contributed by atoms with van der Waals surface area (Å²) >= 11 is 6.34. The maximum absolute atomic E-state index is 13.5. The van der Waals surface area contributed by atoms with E-state index in [1.807, 2.05) is 18.2 Å². The van der Waals surface area contributed by atoms with Crippen LogP contribution in [0.3, 0.4) is 0 Å². The average Bonchev–Trinajstić information content (AvgIpc) is 3.27. The largest absolute Gasteiger partial charge is 0.495 e. The second kappa shape index (κ2) is 10.4. The van der Waals surface area contributed by atoms with Gasteiger partial charge in [-0.1, -0.05) is 23.7 Å². The van der Waals surface area contributed by atoms with Crippen LogP contribution in [0.1, 0.15) is 27.0 Å². The Hall–Kier alpha value is -3.57. The van der Waals surface area contributed by atoms with Gasteiger partial charge in [0.2, 0.25) is 5.95 Å². The zero-order valence-electron chi connectivity index (χ0n) is 19.8. The molecule has 194 valence electrons. The van der Waals surface area contributed by atoms with Gasteiger partial charge in [0.25, 0.3) is 12.3 Å². The highest BCUT2D eigenvalue weighted by Gasteiger charge is 2.26. The van der Waals surface area contributed by atoms with E-state index in [-0.39, 0.29) is 23.4 Å². The Morgan fingerprint density at radius 3 is 2.78 bits per heavy atom. The molecule has 12 heteroatoms. The number of carbonyl (C=O) groups is 1. The molecule has 2 aliphatic heterocycles. The fraction of sp³-hybridized carbons (Fsp3) is 0.320. The molecule has 0 saturated carbocycles. The third-order valence-electron chi connectivity index (χ3n) is 6.38. The number of rotatable bonds is 8. The van der Waals surface area contributed by atoms with Crippen molar-refractivity contribution in [3.8, 4) is 5.75 Å². The van der Waals surface area contributed by atoms with Gasteiger partial charge in [0, 0.05) is 26.2 Å². The first kappa shape index (κ1) is 25.1. The summed E-state index contributed by atoms with van der Waals surface area (Å²) < 4.78 is 44.4.